The largest absolute Gasteiger partial charge is 0.497 e. The molecule has 4 unspecified atom stereocenters. The van der Waals surface area contributed by atoms with Gasteiger partial charge in [0.1, 0.15) is 77.9 Å². The monoisotopic (exact) mass is 640 g/mol. The fourth-order valence-corrected chi connectivity index (χ4v) is 5.87. The van der Waals surface area contributed by atoms with Crippen molar-refractivity contribution in [2.24, 2.45) is 0 Å². The topological polar surface area (TPSA) is 237 Å². The van der Waals surface area contributed by atoms with Gasteiger partial charge in [-0.1, -0.05) is 12.1 Å². The Balaban J connectivity index is 1.58. The highest BCUT2D eigenvalue weighted by atomic mass is 16.7. The van der Waals surface area contributed by atoms with Crippen molar-refractivity contribution in [3.05, 3.63) is 46.5 Å². The Hall–Kier alpha value is -2.80. The summed E-state index contributed by atoms with van der Waals surface area (Å²) in [5.41, 5.74) is 1.41. The van der Waals surface area contributed by atoms with Gasteiger partial charge in [-0.25, -0.2) is 0 Å². The summed E-state index contributed by atoms with van der Waals surface area (Å²) in [6.07, 6.45) is -17.8. The van der Waals surface area contributed by atoms with Crippen molar-refractivity contribution in [3.63, 3.8) is 0 Å². The number of benzene rings is 2. The molecule has 250 valence electrons. The molecule has 15 heteroatoms. The minimum absolute atomic E-state index is 0.0141. The number of fused-ring (bicyclic) bond motifs is 1. The van der Waals surface area contributed by atoms with E-state index < -0.39 is 86.8 Å². The number of ether oxygens (including phenoxy) is 6. The van der Waals surface area contributed by atoms with Crippen LogP contribution in [0.1, 0.15) is 40.9 Å². The van der Waals surface area contributed by atoms with Gasteiger partial charge < -0.3 is 74.4 Å². The maximum Gasteiger partial charge on any atom is 0.229 e. The number of aliphatic hydroxyl groups is 9. The van der Waals surface area contributed by atoms with E-state index in [1.165, 1.54) is 14.0 Å². The second kappa shape index (κ2) is 13.5. The summed E-state index contributed by atoms with van der Waals surface area (Å²) in [4.78, 5) is 0. The Bertz CT molecular complexity index is 1320. The molecule has 45 heavy (non-hydrogen) atoms. The zero-order chi connectivity index (χ0) is 32.7. The lowest BCUT2D eigenvalue weighted by Gasteiger charge is -2.42. The van der Waals surface area contributed by atoms with Crippen molar-refractivity contribution in [1.29, 1.82) is 0 Å². The number of hydrogen-bond acceptors (Lipinski definition) is 15. The van der Waals surface area contributed by atoms with Gasteiger partial charge in [0.15, 0.2) is 0 Å². The Morgan fingerprint density at radius 1 is 0.689 bits per heavy atom. The van der Waals surface area contributed by atoms with Gasteiger partial charge in [-0.3, -0.25) is 0 Å². The van der Waals surface area contributed by atoms with Crippen LogP contribution < -0.4 is 18.9 Å². The van der Waals surface area contributed by atoms with Crippen molar-refractivity contribution < 1.29 is 74.4 Å². The van der Waals surface area contributed by atoms with E-state index in [0.29, 0.717) is 16.9 Å². The summed E-state index contributed by atoms with van der Waals surface area (Å²) in [5.74, 6) is 0.674. The van der Waals surface area contributed by atoms with Crippen LogP contribution in [0.2, 0.25) is 0 Å². The molecule has 3 aliphatic heterocycles. The summed E-state index contributed by atoms with van der Waals surface area (Å²) in [7, 11) is 1.53. The summed E-state index contributed by atoms with van der Waals surface area (Å²) < 4.78 is 34.8. The van der Waals surface area contributed by atoms with Crippen LogP contribution in [-0.4, -0.2) is 128 Å². The SMILES string of the molecule is COc1ccc([C@H]2C[C@H](O)c3c(O[C@@H]4OC(CO)[C@@H](O)[C@H](O)C4O)c(C)c(O[C@@H]4OC(CO)[C@@H](O)[C@H](O)C4O)c(C)c3O2)cc1. The Labute approximate surface area is 258 Å². The van der Waals surface area contributed by atoms with E-state index in [2.05, 4.69) is 0 Å². The van der Waals surface area contributed by atoms with E-state index in [-0.39, 0.29) is 34.8 Å². The average Bonchev–Trinajstić information content (AvgIpc) is 3.04. The molecule has 2 aromatic rings. The molecule has 0 saturated carbocycles. The van der Waals surface area contributed by atoms with Crippen LogP contribution in [0, 0.1) is 13.8 Å². The van der Waals surface area contributed by atoms with E-state index >= 15 is 0 Å². The quantitative estimate of drug-likeness (QED) is 0.155. The van der Waals surface area contributed by atoms with Crippen LogP contribution in [0.15, 0.2) is 24.3 Å². The molecule has 9 N–H and O–H groups in total. The van der Waals surface area contributed by atoms with Crippen LogP contribution in [-0.2, 0) is 9.47 Å². The van der Waals surface area contributed by atoms with Crippen molar-refractivity contribution in [1.82, 2.24) is 0 Å². The predicted molar refractivity (Wildman–Crippen MR) is 151 cm³/mol. The van der Waals surface area contributed by atoms with Crippen molar-refractivity contribution in [3.8, 4) is 23.0 Å². The van der Waals surface area contributed by atoms with Crippen LogP contribution in [0.4, 0.5) is 0 Å². The Morgan fingerprint density at radius 3 is 1.69 bits per heavy atom. The number of rotatable bonds is 8. The van der Waals surface area contributed by atoms with Crippen molar-refractivity contribution >= 4 is 0 Å². The molecule has 0 amide bonds. The molecule has 0 aromatic heterocycles. The maximum absolute atomic E-state index is 11.5. The first-order chi connectivity index (χ1) is 21.4. The van der Waals surface area contributed by atoms with Gasteiger partial charge in [-0.2, -0.15) is 0 Å². The highest BCUT2D eigenvalue weighted by molar-refractivity contribution is 5.63. The Morgan fingerprint density at radius 2 is 1.20 bits per heavy atom. The number of hydrogen-bond donors (Lipinski definition) is 9. The molecule has 2 saturated heterocycles. The molecule has 0 bridgehead atoms. The normalized spacial score (nSPS) is 36.5. The van der Waals surface area contributed by atoms with Gasteiger partial charge in [-0.05, 0) is 31.5 Å². The van der Waals surface area contributed by atoms with Crippen LogP contribution in [0.5, 0.6) is 23.0 Å². The van der Waals surface area contributed by atoms with Gasteiger partial charge in [0.2, 0.25) is 12.6 Å². The minimum atomic E-state index is -1.78. The standard InChI is InChI=1S/C30H40O15/c1-11-26(44-29-24(38)22(36)20(34)17(9-31)42-29)12(2)28(45-30-25(39)23(37)21(35)18(10-32)43-30)19-15(33)8-16(41-27(11)19)13-4-6-14(40-3)7-5-13/h4-7,15-18,20-25,29-39H,8-10H2,1-3H3/t15-,16+,17?,18?,20+,21+,22-,23-,24?,25?,29-,30-/m0/s1. The molecule has 0 spiro atoms. The van der Waals surface area contributed by atoms with E-state index in [1.54, 1.807) is 31.2 Å². The highest BCUT2D eigenvalue weighted by Gasteiger charge is 2.48. The van der Waals surface area contributed by atoms with Crippen LogP contribution in [0.3, 0.4) is 0 Å². The fraction of sp³-hybridized carbons (Fsp3) is 0.600. The van der Waals surface area contributed by atoms with E-state index in [0.717, 1.165) is 0 Å². The third kappa shape index (κ3) is 6.18. The van der Waals surface area contributed by atoms with Gasteiger partial charge in [-0.15, -0.1) is 0 Å². The summed E-state index contributed by atoms with van der Waals surface area (Å²) in [6.45, 7) is 1.77. The van der Waals surface area contributed by atoms with Gasteiger partial charge in [0.25, 0.3) is 0 Å². The second-order valence-electron chi connectivity index (χ2n) is 11.4. The molecule has 3 aliphatic rings. The molecule has 0 aliphatic carbocycles. The van der Waals surface area contributed by atoms with E-state index in [4.69, 9.17) is 28.4 Å². The molecule has 2 fully saturated rings. The molecular weight excluding hydrogens is 600 g/mol. The summed E-state index contributed by atoms with van der Waals surface area (Å²) in [5, 5.41) is 93.3. The molecule has 2 aromatic carbocycles. The van der Waals surface area contributed by atoms with Crippen LogP contribution >= 0.6 is 0 Å². The second-order valence-corrected chi connectivity index (χ2v) is 11.4. The fourth-order valence-electron chi connectivity index (χ4n) is 5.87. The first kappa shape index (κ1) is 33.6. The maximum atomic E-state index is 11.5. The van der Waals surface area contributed by atoms with Gasteiger partial charge in [0.05, 0.1) is 32.0 Å². The van der Waals surface area contributed by atoms with E-state index in [1.807, 2.05) is 0 Å². The third-order valence-electron chi connectivity index (χ3n) is 8.53. The number of methoxy groups -OCH3 is 1. The molecule has 5 rings (SSSR count). The smallest absolute Gasteiger partial charge is 0.229 e. The van der Waals surface area contributed by atoms with E-state index in [9.17, 15) is 46.0 Å². The van der Waals surface area contributed by atoms with Crippen LogP contribution in [0.25, 0.3) is 0 Å². The highest BCUT2D eigenvalue weighted by Crippen LogP contribution is 2.53. The Kier molecular flexibility index (Phi) is 10.1. The lowest BCUT2D eigenvalue weighted by molar-refractivity contribution is -0.279. The predicted octanol–water partition coefficient (Wildman–Crippen LogP) is -1.77. The average molecular weight is 641 g/mol. The lowest BCUT2D eigenvalue weighted by atomic mass is 9.90. The zero-order valence-corrected chi connectivity index (χ0v) is 24.8. The van der Waals surface area contributed by atoms with Crippen molar-refractivity contribution in [2.45, 2.75) is 93.9 Å². The zero-order valence-electron chi connectivity index (χ0n) is 24.8. The van der Waals surface area contributed by atoms with Gasteiger partial charge in [0, 0.05) is 17.5 Å². The lowest BCUT2D eigenvalue weighted by Crippen LogP contribution is -2.60. The molecule has 12 atom stereocenters. The molecule has 3 heterocycles. The number of aliphatic hydroxyl groups excluding tert-OH is 9. The summed E-state index contributed by atoms with van der Waals surface area (Å²) >= 11 is 0. The van der Waals surface area contributed by atoms with Gasteiger partial charge >= 0.3 is 0 Å². The molecule has 15 nitrogen and oxygen atoms in total. The first-order valence-corrected chi connectivity index (χ1v) is 14.5. The third-order valence-corrected chi connectivity index (χ3v) is 8.53. The molecule has 0 radical (unpaired) electrons. The first-order valence-electron chi connectivity index (χ1n) is 14.5. The minimum Gasteiger partial charge on any atom is -0.497 e. The molecular formula is C30H40O15. The van der Waals surface area contributed by atoms with Crippen molar-refractivity contribution in [2.75, 3.05) is 20.3 Å². The summed E-state index contributed by atoms with van der Waals surface area (Å²) in [6, 6.07) is 7.04.